The van der Waals surface area contributed by atoms with Gasteiger partial charge in [-0.2, -0.15) is 20.4 Å². The van der Waals surface area contributed by atoms with Crippen LogP contribution in [0.25, 0.3) is 68.8 Å². The summed E-state index contributed by atoms with van der Waals surface area (Å²) in [5.41, 5.74) is 6.83. The fourth-order valence-corrected chi connectivity index (χ4v) is 6.45. The maximum Gasteiger partial charge on any atom is 3.00 e. The molecule has 0 N–H and O–H groups in total. The minimum Gasteiger partial charge on any atom is -0.255 e. The minimum absolute atomic E-state index is 0. The van der Waals surface area contributed by atoms with Gasteiger partial charge in [-0.25, -0.2) is 38.7 Å². The monoisotopic (exact) mass is 1010 g/mol. The molecule has 0 spiro atoms. The molecule has 0 saturated heterocycles. The van der Waals surface area contributed by atoms with Crippen molar-refractivity contribution in [3.05, 3.63) is 244 Å². The van der Waals surface area contributed by atoms with Gasteiger partial charge in [-0.3, -0.25) is 19.9 Å². The van der Waals surface area contributed by atoms with Gasteiger partial charge in [-0.15, -0.1) is 0 Å². The van der Waals surface area contributed by atoms with Crippen molar-refractivity contribution in [2.45, 2.75) is 0 Å². The Kier molecular flexibility index (Phi) is 17.7. The van der Waals surface area contributed by atoms with Crippen molar-refractivity contribution in [3.63, 3.8) is 0 Å². The zero-order valence-electron chi connectivity index (χ0n) is 36.9. The Hall–Kier alpha value is -8.95. The van der Waals surface area contributed by atoms with Gasteiger partial charge in [0.15, 0.2) is 23.3 Å². The fraction of sp³-hybridized carbons (Fsp3) is 0. The van der Waals surface area contributed by atoms with Gasteiger partial charge in [0.05, 0.1) is 45.6 Å². The van der Waals surface area contributed by atoms with Crippen LogP contribution in [0.15, 0.2) is 244 Å². The molecule has 0 unspecified atom stereocenters. The van der Waals surface area contributed by atoms with Gasteiger partial charge < -0.3 is 0 Å². The molecule has 12 rings (SSSR count). The van der Waals surface area contributed by atoms with E-state index in [0.717, 1.165) is 68.8 Å². The second-order valence-corrected chi connectivity index (χ2v) is 14.2. The molecule has 0 saturated carbocycles. The van der Waals surface area contributed by atoms with Crippen LogP contribution >= 0.6 is 0 Å². The van der Waals surface area contributed by atoms with Crippen LogP contribution in [0.4, 0.5) is 0 Å². The van der Waals surface area contributed by atoms with E-state index >= 15 is 0 Å². The second-order valence-electron chi connectivity index (χ2n) is 14.2. The zero-order valence-corrected chi connectivity index (χ0v) is 39.0. The Morgan fingerprint density at radius 2 is 0.457 bits per heavy atom. The average Bonchev–Trinajstić information content (AvgIpc) is 4.31. The Morgan fingerprint density at radius 3 is 0.643 bits per heavy atom. The van der Waals surface area contributed by atoms with E-state index in [-0.39, 0.29) is 33.6 Å². The van der Waals surface area contributed by atoms with Crippen LogP contribution in [-0.2, 0) is 33.6 Å². The summed E-state index contributed by atoms with van der Waals surface area (Å²) < 4.78 is 6.91. The SMILES string of the molecule is [Co+2].[Co+3].c1ccc(-c2cccc(-n3cccn3)n2)nc1.c1ccc(-c2cccc(-n3cccn3)n2)nc1.c1ccc(-c2cccc(-n3cccn3)n2)nc1.c1ccc(-c2cccc(-n3cccn3)n2)nc1. The third kappa shape index (κ3) is 13.1. The van der Waals surface area contributed by atoms with Crippen molar-refractivity contribution in [3.8, 4) is 68.8 Å². The summed E-state index contributed by atoms with van der Waals surface area (Å²) in [4.78, 5) is 35.2. The summed E-state index contributed by atoms with van der Waals surface area (Å²) in [5, 5.41) is 16.6. The standard InChI is InChI=1S/4C13H10N4.2Co/c4*1-2-8-14-11(5-1)12-6-3-7-13(16-12)17-10-4-9-15-17;;/h4*1-10H;;/q;;;;+2;+3. The molecule has 12 aromatic rings. The predicted molar refractivity (Wildman–Crippen MR) is 258 cm³/mol. The van der Waals surface area contributed by atoms with Crippen LogP contribution in [0.2, 0.25) is 0 Å². The molecular formula is C52H40Co2N16+5. The largest absolute Gasteiger partial charge is 3.00 e. The van der Waals surface area contributed by atoms with Gasteiger partial charge in [0.2, 0.25) is 0 Å². The van der Waals surface area contributed by atoms with E-state index in [2.05, 4.69) is 60.3 Å². The minimum atomic E-state index is 0. The molecule has 0 aliphatic carbocycles. The molecule has 16 nitrogen and oxygen atoms in total. The Labute approximate surface area is 423 Å². The van der Waals surface area contributed by atoms with Crippen molar-refractivity contribution >= 4 is 0 Å². The third-order valence-corrected chi connectivity index (χ3v) is 9.60. The molecule has 0 atom stereocenters. The zero-order chi connectivity index (χ0) is 46.0. The van der Waals surface area contributed by atoms with Crippen LogP contribution in [0.1, 0.15) is 0 Å². The Morgan fingerprint density at radius 1 is 0.229 bits per heavy atom. The summed E-state index contributed by atoms with van der Waals surface area (Å²) >= 11 is 0. The van der Waals surface area contributed by atoms with E-state index < -0.39 is 0 Å². The van der Waals surface area contributed by atoms with Gasteiger partial charge in [0.1, 0.15) is 0 Å². The molecule has 0 bridgehead atoms. The molecule has 0 aromatic carbocycles. The van der Waals surface area contributed by atoms with Crippen LogP contribution in [0, 0.1) is 0 Å². The number of nitrogens with zero attached hydrogens (tertiary/aromatic N) is 16. The molecular weight excluding hydrogens is 967 g/mol. The van der Waals surface area contributed by atoms with Gasteiger partial charge in [-0.1, -0.05) is 48.5 Å². The topological polar surface area (TPSA) is 174 Å². The first kappa shape index (κ1) is 49.0. The molecule has 0 aliphatic heterocycles. The molecule has 12 aromatic heterocycles. The van der Waals surface area contributed by atoms with Crippen molar-refractivity contribution in [1.82, 2.24) is 79.0 Å². The van der Waals surface area contributed by atoms with Gasteiger partial charge in [0.25, 0.3) is 0 Å². The van der Waals surface area contributed by atoms with E-state index in [9.17, 15) is 0 Å². The summed E-state index contributed by atoms with van der Waals surface area (Å²) in [6.45, 7) is 0. The van der Waals surface area contributed by atoms with Crippen LogP contribution in [0.3, 0.4) is 0 Å². The molecule has 341 valence electrons. The van der Waals surface area contributed by atoms with E-state index in [0.29, 0.717) is 0 Å². The fourth-order valence-electron chi connectivity index (χ4n) is 6.45. The summed E-state index contributed by atoms with van der Waals surface area (Å²) in [6, 6.07) is 53.8. The number of aromatic nitrogens is 16. The molecule has 0 fully saturated rings. The molecule has 70 heavy (non-hydrogen) atoms. The molecule has 0 aliphatic rings. The Balaban J connectivity index is 0.000000136. The first-order valence-corrected chi connectivity index (χ1v) is 21.3. The van der Waals surface area contributed by atoms with E-state index in [4.69, 9.17) is 0 Å². The van der Waals surface area contributed by atoms with Crippen molar-refractivity contribution < 1.29 is 33.6 Å². The summed E-state index contributed by atoms with van der Waals surface area (Å²) in [5.74, 6) is 3.16. The second kappa shape index (κ2) is 25.3. The van der Waals surface area contributed by atoms with E-state index in [1.54, 1.807) is 68.3 Å². The quantitative estimate of drug-likeness (QED) is 0.141. The van der Waals surface area contributed by atoms with Crippen LogP contribution in [-0.4, -0.2) is 79.0 Å². The molecule has 1 radical (unpaired) electrons. The van der Waals surface area contributed by atoms with Gasteiger partial charge in [0, 0.05) is 74.4 Å². The first-order chi connectivity index (χ1) is 33.7. The van der Waals surface area contributed by atoms with Crippen molar-refractivity contribution in [2.24, 2.45) is 0 Å². The van der Waals surface area contributed by atoms with Crippen molar-refractivity contribution in [2.75, 3.05) is 0 Å². The Bertz CT molecular complexity index is 2880. The molecule has 0 amide bonds. The molecule has 12 heterocycles. The molecule has 18 heteroatoms. The normalized spacial score (nSPS) is 10.1. The van der Waals surface area contributed by atoms with Crippen LogP contribution < -0.4 is 0 Å². The van der Waals surface area contributed by atoms with Crippen molar-refractivity contribution in [1.29, 1.82) is 0 Å². The van der Waals surface area contributed by atoms with E-state index in [1.807, 2.05) is 195 Å². The predicted octanol–water partition coefficient (Wildman–Crippen LogP) is 9.31. The first-order valence-electron chi connectivity index (χ1n) is 21.3. The maximum absolute atomic E-state index is 4.52. The number of rotatable bonds is 8. The number of pyridine rings is 8. The van der Waals surface area contributed by atoms with Crippen LogP contribution in [0.5, 0.6) is 0 Å². The summed E-state index contributed by atoms with van der Waals surface area (Å²) in [6.07, 6.45) is 21.4. The van der Waals surface area contributed by atoms with Gasteiger partial charge >= 0.3 is 33.6 Å². The number of hydrogen-bond donors (Lipinski definition) is 0. The third-order valence-electron chi connectivity index (χ3n) is 9.60. The smallest absolute Gasteiger partial charge is 0.255 e. The van der Waals surface area contributed by atoms with Gasteiger partial charge in [-0.05, 0) is 121 Å². The maximum atomic E-state index is 4.52. The average molecular weight is 1010 g/mol. The number of hydrogen-bond acceptors (Lipinski definition) is 12. The van der Waals surface area contributed by atoms with E-state index in [1.165, 1.54) is 0 Å². The summed E-state index contributed by atoms with van der Waals surface area (Å²) in [7, 11) is 0.